The van der Waals surface area contributed by atoms with Gasteiger partial charge in [-0.25, -0.2) is 9.78 Å². The normalized spacial score (nSPS) is 10.9. The average molecular weight is 412 g/mol. The van der Waals surface area contributed by atoms with Gasteiger partial charge in [0.15, 0.2) is 11.5 Å². The van der Waals surface area contributed by atoms with E-state index in [9.17, 15) is 9.59 Å². The molecule has 0 bridgehead atoms. The number of nitrogen functional groups attached to an aromatic ring is 1. The lowest BCUT2D eigenvalue weighted by Gasteiger charge is -2.10. The first kappa shape index (κ1) is 21.1. The molecule has 0 fully saturated rings. The van der Waals surface area contributed by atoms with Crippen LogP contribution in [0, 0.1) is 0 Å². The molecule has 3 aromatic rings. The molecule has 1 aromatic carbocycles. The highest BCUT2D eigenvalue weighted by molar-refractivity contribution is 6.08. The number of methoxy groups -OCH3 is 1. The Bertz CT molecular complexity index is 1050. The van der Waals surface area contributed by atoms with E-state index in [4.69, 9.17) is 15.2 Å². The van der Waals surface area contributed by atoms with Gasteiger partial charge in [0.1, 0.15) is 17.1 Å². The van der Waals surface area contributed by atoms with Gasteiger partial charge in [0.2, 0.25) is 0 Å². The van der Waals surface area contributed by atoms with E-state index in [0.29, 0.717) is 28.8 Å². The molecule has 0 atom stereocenters. The summed E-state index contributed by atoms with van der Waals surface area (Å²) in [7, 11) is 5.44. The number of rotatable bonds is 8. The quantitative estimate of drug-likeness (QED) is 0.377. The molecule has 0 spiro atoms. The van der Waals surface area contributed by atoms with E-state index in [1.54, 1.807) is 31.4 Å². The summed E-state index contributed by atoms with van der Waals surface area (Å²) in [5.41, 5.74) is 6.80. The number of hydrogen-bond acceptors (Lipinski definition) is 8. The molecule has 0 aliphatic carbocycles. The summed E-state index contributed by atoms with van der Waals surface area (Å²) in [6.45, 7) is 1.06. The van der Waals surface area contributed by atoms with Gasteiger partial charge in [-0.3, -0.25) is 9.89 Å². The number of aromatic nitrogens is 3. The molecule has 0 saturated carbocycles. The van der Waals surface area contributed by atoms with E-state index in [2.05, 4.69) is 20.5 Å². The number of benzene rings is 1. The van der Waals surface area contributed by atoms with Crippen LogP contribution in [0.5, 0.6) is 5.75 Å². The van der Waals surface area contributed by atoms with Crippen LogP contribution >= 0.6 is 0 Å². The number of nitrogens with two attached hydrogens (primary N) is 1. The highest BCUT2D eigenvalue weighted by Gasteiger charge is 2.18. The summed E-state index contributed by atoms with van der Waals surface area (Å²) in [6, 6.07) is 8.15. The molecule has 2 aromatic heterocycles. The number of pyridine rings is 1. The lowest BCUT2D eigenvalue weighted by atomic mass is 10.2. The molecule has 1 amide bonds. The summed E-state index contributed by atoms with van der Waals surface area (Å²) in [5, 5.41) is 9.93. The number of hydrogen-bond donors (Lipinski definition) is 3. The number of esters is 1. The van der Waals surface area contributed by atoms with E-state index in [1.807, 2.05) is 19.0 Å². The zero-order valence-electron chi connectivity index (χ0n) is 17.1. The van der Waals surface area contributed by atoms with Crippen molar-refractivity contribution in [1.82, 2.24) is 20.1 Å². The van der Waals surface area contributed by atoms with Gasteiger partial charge in [-0.1, -0.05) is 0 Å². The Labute approximate surface area is 173 Å². The molecule has 3 rings (SSSR count). The molecule has 10 nitrogen and oxygen atoms in total. The van der Waals surface area contributed by atoms with Crippen LogP contribution in [0.25, 0.3) is 11.0 Å². The van der Waals surface area contributed by atoms with Crippen molar-refractivity contribution < 1.29 is 19.1 Å². The monoisotopic (exact) mass is 412 g/mol. The molecular weight excluding hydrogens is 388 g/mol. The Morgan fingerprint density at radius 1 is 1.23 bits per heavy atom. The Morgan fingerprint density at radius 3 is 2.63 bits per heavy atom. The fourth-order valence-corrected chi connectivity index (χ4v) is 2.77. The van der Waals surface area contributed by atoms with E-state index in [-0.39, 0.29) is 29.7 Å². The summed E-state index contributed by atoms with van der Waals surface area (Å²) in [6.07, 6.45) is 0.698. The predicted molar refractivity (Wildman–Crippen MR) is 113 cm³/mol. The lowest BCUT2D eigenvalue weighted by molar-refractivity contribution is 0.0494. The Hall–Kier alpha value is -3.66. The molecule has 10 heteroatoms. The standard InChI is InChI=1S/C20H24N6O4/c1-26(2)9-4-10-30-20(28)14-11-15-17(22-16(14)21)24-25-18(15)23-19(27)12-5-7-13(29-3)8-6-12/h5-8,11H,4,9-10H2,1-3H3,(H4,21,22,23,24,25,27). The number of nitrogens with zero attached hydrogens (tertiary/aromatic N) is 3. The van der Waals surface area contributed by atoms with Crippen LogP contribution in [0.2, 0.25) is 0 Å². The first-order valence-corrected chi connectivity index (χ1v) is 9.31. The second kappa shape index (κ2) is 9.23. The summed E-state index contributed by atoms with van der Waals surface area (Å²) >= 11 is 0. The van der Waals surface area contributed by atoms with Gasteiger partial charge < -0.3 is 25.4 Å². The zero-order chi connectivity index (χ0) is 21.7. The molecule has 0 radical (unpaired) electrons. The summed E-state index contributed by atoms with van der Waals surface area (Å²) < 4.78 is 10.4. The third kappa shape index (κ3) is 4.84. The van der Waals surface area contributed by atoms with Gasteiger partial charge in [-0.05, 0) is 50.8 Å². The van der Waals surface area contributed by atoms with Crippen molar-refractivity contribution in [1.29, 1.82) is 0 Å². The number of nitrogens with one attached hydrogen (secondary N) is 2. The Kier molecular flexibility index (Phi) is 6.48. The number of ether oxygens (including phenoxy) is 2. The van der Waals surface area contributed by atoms with Gasteiger partial charge >= 0.3 is 5.97 Å². The predicted octanol–water partition coefficient (Wildman–Crippen LogP) is 1.91. The number of carbonyl (C=O) groups excluding carboxylic acids is 2. The first-order valence-electron chi connectivity index (χ1n) is 9.31. The molecule has 0 aliphatic rings. The van der Waals surface area contributed by atoms with E-state index >= 15 is 0 Å². The summed E-state index contributed by atoms with van der Waals surface area (Å²) in [5.74, 6) is -0.0353. The maximum absolute atomic E-state index is 12.5. The van der Waals surface area contributed by atoms with Crippen LogP contribution in [0.15, 0.2) is 30.3 Å². The molecule has 158 valence electrons. The molecular formula is C20H24N6O4. The van der Waals surface area contributed by atoms with E-state index in [1.165, 1.54) is 6.07 Å². The summed E-state index contributed by atoms with van der Waals surface area (Å²) in [4.78, 5) is 31.1. The van der Waals surface area contributed by atoms with Gasteiger partial charge in [-0.2, -0.15) is 5.10 Å². The molecule has 2 heterocycles. The average Bonchev–Trinajstić information content (AvgIpc) is 3.11. The van der Waals surface area contributed by atoms with E-state index < -0.39 is 5.97 Å². The number of H-pyrrole nitrogens is 1. The zero-order valence-corrected chi connectivity index (χ0v) is 17.1. The Morgan fingerprint density at radius 2 is 1.97 bits per heavy atom. The number of amides is 1. The van der Waals surface area contributed by atoms with Crippen molar-refractivity contribution in [2.24, 2.45) is 0 Å². The number of carbonyl (C=O) groups is 2. The van der Waals surface area contributed by atoms with Gasteiger partial charge in [0.05, 0.1) is 19.1 Å². The largest absolute Gasteiger partial charge is 0.497 e. The Balaban J connectivity index is 1.77. The van der Waals surface area contributed by atoms with Crippen LogP contribution < -0.4 is 15.8 Å². The van der Waals surface area contributed by atoms with E-state index in [0.717, 1.165) is 6.54 Å². The van der Waals surface area contributed by atoms with Crippen molar-refractivity contribution in [2.45, 2.75) is 6.42 Å². The second-order valence-electron chi connectivity index (χ2n) is 6.86. The third-order valence-electron chi connectivity index (χ3n) is 4.37. The van der Waals surface area contributed by atoms with Crippen LogP contribution in [0.3, 0.4) is 0 Å². The fraction of sp³-hybridized carbons (Fsp3) is 0.300. The SMILES string of the molecule is COc1ccc(C(=O)Nc2n[nH]c3nc(N)c(C(=O)OCCCN(C)C)cc23)cc1. The minimum absolute atomic E-state index is 0.0248. The lowest BCUT2D eigenvalue weighted by Crippen LogP contribution is -2.17. The van der Waals surface area contributed by atoms with Crippen LogP contribution in [0.1, 0.15) is 27.1 Å². The third-order valence-corrected chi connectivity index (χ3v) is 4.37. The van der Waals surface area contributed by atoms with Crippen LogP contribution in [0.4, 0.5) is 11.6 Å². The second-order valence-corrected chi connectivity index (χ2v) is 6.86. The molecule has 4 N–H and O–H groups in total. The van der Waals surface area contributed by atoms with Gasteiger partial charge in [0, 0.05) is 12.1 Å². The van der Waals surface area contributed by atoms with Crippen molar-refractivity contribution in [2.75, 3.05) is 45.4 Å². The highest BCUT2D eigenvalue weighted by atomic mass is 16.5. The van der Waals surface area contributed by atoms with Crippen molar-refractivity contribution in [3.8, 4) is 5.75 Å². The topological polar surface area (TPSA) is 135 Å². The maximum Gasteiger partial charge on any atom is 0.341 e. The van der Waals surface area contributed by atoms with Crippen molar-refractivity contribution >= 4 is 34.5 Å². The van der Waals surface area contributed by atoms with Crippen LogP contribution in [-0.2, 0) is 4.74 Å². The van der Waals surface area contributed by atoms with Crippen LogP contribution in [-0.4, -0.2) is 66.3 Å². The fourth-order valence-electron chi connectivity index (χ4n) is 2.77. The minimum Gasteiger partial charge on any atom is -0.497 e. The molecule has 0 saturated heterocycles. The molecule has 30 heavy (non-hydrogen) atoms. The van der Waals surface area contributed by atoms with Crippen molar-refractivity contribution in [3.05, 3.63) is 41.5 Å². The number of anilines is 2. The molecule has 0 unspecified atom stereocenters. The minimum atomic E-state index is -0.575. The van der Waals surface area contributed by atoms with Gasteiger partial charge in [0.25, 0.3) is 5.91 Å². The first-order chi connectivity index (χ1) is 14.4. The number of fused-ring (bicyclic) bond motifs is 1. The van der Waals surface area contributed by atoms with Crippen molar-refractivity contribution in [3.63, 3.8) is 0 Å². The number of aromatic amines is 1. The highest BCUT2D eigenvalue weighted by Crippen LogP contribution is 2.24. The molecule has 0 aliphatic heterocycles. The maximum atomic E-state index is 12.5. The smallest absolute Gasteiger partial charge is 0.341 e. The van der Waals surface area contributed by atoms with Gasteiger partial charge in [-0.15, -0.1) is 0 Å².